The molecule has 27 heavy (non-hydrogen) atoms. The highest BCUT2D eigenvalue weighted by Gasteiger charge is 2.41. The van der Waals surface area contributed by atoms with Gasteiger partial charge < -0.3 is 25.2 Å². The molecule has 0 radical (unpaired) electrons. The Morgan fingerprint density at radius 2 is 1.85 bits per heavy atom. The van der Waals surface area contributed by atoms with Crippen LogP contribution in [0.1, 0.15) is 26.7 Å². The predicted octanol–water partition coefficient (Wildman–Crippen LogP) is -0.680. The molecule has 2 amide bonds. The molecule has 1 aliphatic rings. The number of hydrogen-bond acceptors (Lipinski definition) is 8. The molecule has 1 saturated heterocycles. The van der Waals surface area contributed by atoms with Gasteiger partial charge in [-0.2, -0.15) is 0 Å². The number of nitrogens with one attached hydrogen (secondary N) is 2. The Labute approximate surface area is 160 Å². The fourth-order valence-electron chi connectivity index (χ4n) is 2.08. The van der Waals surface area contributed by atoms with E-state index in [9.17, 15) is 23.7 Å². The third-order valence-electron chi connectivity index (χ3n) is 3.42. The Kier molecular flexibility index (Phi) is 8.89. The van der Waals surface area contributed by atoms with E-state index in [1.807, 2.05) is 0 Å². The summed E-state index contributed by atoms with van der Waals surface area (Å²) in [7, 11) is -5.03. The Morgan fingerprint density at radius 3 is 2.48 bits per heavy atom. The lowest BCUT2D eigenvalue weighted by molar-refractivity contribution is -0.153. The van der Waals surface area contributed by atoms with Gasteiger partial charge in [0, 0.05) is 30.7 Å². The molecular weight excluding hydrogens is 403 g/mol. The van der Waals surface area contributed by atoms with E-state index in [0.717, 1.165) is 11.8 Å². The predicted molar refractivity (Wildman–Crippen MR) is 94.4 cm³/mol. The largest absolute Gasteiger partial charge is 0.470 e. The van der Waals surface area contributed by atoms with Crippen molar-refractivity contribution in [1.29, 1.82) is 0 Å². The number of thioether (sulfide) groups is 1. The Bertz CT molecular complexity index is 634. The van der Waals surface area contributed by atoms with Crippen LogP contribution in [0.4, 0.5) is 0 Å². The Balaban J connectivity index is 2.96. The fraction of sp³-hybridized carbons (Fsp3) is 0.714. The first-order valence-corrected chi connectivity index (χ1v) is 10.5. The number of cyclic esters (lactones) is 1. The Morgan fingerprint density at radius 1 is 1.19 bits per heavy atom. The number of phosphoric ester groups is 1. The van der Waals surface area contributed by atoms with Crippen LogP contribution in [0.2, 0.25) is 0 Å². The Hall–Kier alpha value is -1.46. The molecule has 1 atom stereocenters. The molecule has 0 spiro atoms. The molecule has 0 aromatic carbocycles. The van der Waals surface area contributed by atoms with E-state index in [1.54, 1.807) is 0 Å². The van der Waals surface area contributed by atoms with Crippen LogP contribution in [0.5, 0.6) is 0 Å². The van der Waals surface area contributed by atoms with E-state index >= 15 is 0 Å². The third-order valence-corrected chi connectivity index (χ3v) is 4.78. The van der Waals surface area contributed by atoms with Crippen molar-refractivity contribution in [3.05, 3.63) is 0 Å². The van der Waals surface area contributed by atoms with E-state index in [4.69, 9.17) is 14.5 Å². The highest BCUT2D eigenvalue weighted by atomic mass is 32.2. The number of ether oxygens (including phenoxy) is 1. The summed E-state index contributed by atoms with van der Waals surface area (Å²) < 4.78 is 20.8. The summed E-state index contributed by atoms with van der Waals surface area (Å²) in [5.74, 6) is -1.80. The van der Waals surface area contributed by atoms with Crippen LogP contribution in [0.3, 0.4) is 0 Å². The van der Waals surface area contributed by atoms with Gasteiger partial charge in [-0.1, -0.05) is 25.6 Å². The summed E-state index contributed by atoms with van der Waals surface area (Å²) in [4.78, 5) is 65.6. The molecule has 0 aromatic heterocycles. The van der Waals surface area contributed by atoms with Crippen molar-refractivity contribution >= 4 is 42.5 Å². The molecule has 1 fully saturated rings. The summed E-state index contributed by atoms with van der Waals surface area (Å²) >= 11 is 0.875. The molecular formula is C14H23N2O9PS. The van der Waals surface area contributed by atoms with Gasteiger partial charge >= 0.3 is 13.8 Å². The highest BCUT2D eigenvalue weighted by molar-refractivity contribution is 8.13. The van der Waals surface area contributed by atoms with Crippen molar-refractivity contribution in [2.24, 2.45) is 5.41 Å². The second-order valence-electron chi connectivity index (χ2n) is 6.41. The van der Waals surface area contributed by atoms with Crippen LogP contribution in [0, 0.1) is 5.41 Å². The molecule has 154 valence electrons. The van der Waals surface area contributed by atoms with Crippen LogP contribution in [-0.2, 0) is 33.0 Å². The van der Waals surface area contributed by atoms with E-state index < -0.39 is 49.4 Å². The maximum absolute atomic E-state index is 12.3. The zero-order chi connectivity index (χ0) is 20.7. The minimum atomic E-state index is -5.03. The lowest BCUT2D eigenvalue weighted by Gasteiger charge is -2.32. The fourth-order valence-corrected chi connectivity index (χ4v) is 3.39. The summed E-state index contributed by atoms with van der Waals surface area (Å²) in [5, 5.41) is 4.47. The van der Waals surface area contributed by atoms with Gasteiger partial charge in [-0.05, 0) is 0 Å². The lowest BCUT2D eigenvalue weighted by Crippen LogP contribution is -2.48. The normalized spacial score (nSPS) is 23.9. The molecule has 4 N–H and O–H groups in total. The maximum atomic E-state index is 12.3. The van der Waals surface area contributed by atoms with E-state index in [0.29, 0.717) is 0 Å². The van der Waals surface area contributed by atoms with E-state index in [-0.39, 0.29) is 31.2 Å². The van der Waals surface area contributed by atoms with Crippen molar-refractivity contribution < 1.29 is 42.8 Å². The topological polar surface area (TPSA) is 168 Å². The molecule has 0 saturated carbocycles. The number of esters is 1. The van der Waals surface area contributed by atoms with Crippen molar-refractivity contribution in [3.63, 3.8) is 0 Å². The van der Waals surface area contributed by atoms with Crippen molar-refractivity contribution in [3.8, 4) is 0 Å². The van der Waals surface area contributed by atoms with Crippen LogP contribution >= 0.6 is 19.6 Å². The zero-order valence-electron chi connectivity index (χ0n) is 14.9. The molecule has 0 unspecified atom stereocenters. The van der Waals surface area contributed by atoms with Crippen LogP contribution < -0.4 is 10.6 Å². The smallest absolute Gasteiger partial charge is 0.465 e. The molecule has 13 heteroatoms. The zero-order valence-corrected chi connectivity index (χ0v) is 16.6. The summed E-state index contributed by atoms with van der Waals surface area (Å²) in [6.45, 7) is 2.52. The summed E-state index contributed by atoms with van der Waals surface area (Å²) in [6, 6.07) is 0. The van der Waals surface area contributed by atoms with E-state index in [1.165, 1.54) is 13.8 Å². The molecule has 11 nitrogen and oxygen atoms in total. The molecule has 0 aromatic rings. The van der Waals surface area contributed by atoms with Crippen molar-refractivity contribution in [2.45, 2.75) is 32.8 Å². The third kappa shape index (κ3) is 9.34. The number of phosphoric acid groups is 1. The average Bonchev–Trinajstić information content (AvgIpc) is 2.53. The maximum Gasteiger partial charge on any atom is 0.470 e. The second-order valence-corrected chi connectivity index (χ2v) is 8.76. The molecule has 1 aliphatic heterocycles. The first-order chi connectivity index (χ1) is 12.4. The van der Waals surface area contributed by atoms with Crippen molar-refractivity contribution in [1.82, 2.24) is 10.6 Å². The van der Waals surface area contributed by atoms with Crippen LogP contribution in [0.25, 0.3) is 0 Å². The van der Waals surface area contributed by atoms with Gasteiger partial charge in [-0.25, -0.2) is 4.57 Å². The average molecular weight is 426 g/mol. The monoisotopic (exact) mass is 426 g/mol. The minimum absolute atomic E-state index is 0.0671. The van der Waals surface area contributed by atoms with Gasteiger partial charge in [0.05, 0.1) is 6.61 Å². The molecule has 1 heterocycles. The number of hydrogen-bond donors (Lipinski definition) is 4. The number of rotatable bonds is 2. The number of carbonyl (C=O) groups excluding carboxylic acids is 4. The number of amides is 2. The summed E-state index contributed by atoms with van der Waals surface area (Å²) in [5.41, 5.74) is -1.32. The molecule has 0 aliphatic carbocycles. The summed E-state index contributed by atoms with van der Waals surface area (Å²) in [6.07, 6.45) is -2.24. The van der Waals surface area contributed by atoms with Gasteiger partial charge in [-0.15, -0.1) is 0 Å². The van der Waals surface area contributed by atoms with E-state index in [2.05, 4.69) is 15.2 Å². The van der Waals surface area contributed by atoms with Gasteiger partial charge in [0.15, 0.2) is 11.2 Å². The van der Waals surface area contributed by atoms with Gasteiger partial charge in [0.2, 0.25) is 5.91 Å². The quantitative estimate of drug-likeness (QED) is 0.252. The van der Waals surface area contributed by atoms with Crippen LogP contribution in [0.15, 0.2) is 0 Å². The van der Waals surface area contributed by atoms with Gasteiger partial charge in [0.1, 0.15) is 6.42 Å². The number of carbonyl (C=O) groups is 4. The highest BCUT2D eigenvalue weighted by Crippen LogP contribution is 2.42. The van der Waals surface area contributed by atoms with Gasteiger partial charge in [-0.3, -0.25) is 23.7 Å². The first kappa shape index (κ1) is 23.6. The standard InChI is InChI=1S/C14H23N2O9PS/c1-14(2)8-24-10(18)7-11(19)27-6-5-15-9(17)3-4-16-13(20)12(14)25-26(21,22)23/h12H,3-8H2,1-2H3,(H,15,17)(H,16,20)(H2,21,22,23)/t12-/m0/s1. The van der Waals surface area contributed by atoms with Gasteiger partial charge in [0.25, 0.3) is 5.91 Å². The van der Waals surface area contributed by atoms with Crippen molar-refractivity contribution in [2.75, 3.05) is 25.4 Å². The molecule has 1 rings (SSSR count). The second kappa shape index (κ2) is 10.2. The minimum Gasteiger partial charge on any atom is -0.465 e. The molecule has 0 bridgehead atoms. The SMILES string of the molecule is CC1(C)COC(=O)CC(=O)SCCNC(=O)CCNC(=O)[C@@H]1OP(=O)(O)O. The van der Waals surface area contributed by atoms with Crippen LogP contribution in [-0.4, -0.2) is 64.2 Å². The first-order valence-electron chi connectivity index (χ1n) is 8.00. The lowest BCUT2D eigenvalue weighted by atomic mass is 9.87.